The lowest BCUT2D eigenvalue weighted by Gasteiger charge is -2.14. The third-order valence-corrected chi connectivity index (χ3v) is 4.35. The van der Waals surface area contributed by atoms with Gasteiger partial charge >= 0.3 is 5.97 Å². The monoisotopic (exact) mass is 377 g/mol. The number of aromatic nitrogens is 2. The molecule has 2 N–H and O–H groups in total. The number of carbonyl (C=O) groups excluding carboxylic acids is 2. The summed E-state index contributed by atoms with van der Waals surface area (Å²) in [5.41, 5.74) is 1.17. The zero-order valence-corrected chi connectivity index (χ0v) is 14.6. The van der Waals surface area contributed by atoms with E-state index in [2.05, 4.69) is 15.5 Å². The van der Waals surface area contributed by atoms with Gasteiger partial charge in [-0.15, -0.1) is 0 Å². The van der Waals surface area contributed by atoms with Crippen molar-refractivity contribution in [2.75, 3.05) is 5.32 Å². The van der Waals surface area contributed by atoms with E-state index in [9.17, 15) is 9.59 Å². The Morgan fingerprint density at radius 3 is 2.72 bits per heavy atom. The van der Waals surface area contributed by atoms with Crippen LogP contribution >= 0.6 is 23.2 Å². The highest BCUT2D eigenvalue weighted by Gasteiger charge is 2.23. The number of H-pyrrole nitrogens is 1. The Balaban J connectivity index is 1.71. The average Bonchev–Trinajstić information content (AvgIpc) is 3.03. The van der Waals surface area contributed by atoms with Crippen molar-refractivity contribution in [3.63, 3.8) is 0 Å². The van der Waals surface area contributed by atoms with E-state index >= 15 is 0 Å². The molecule has 0 spiro atoms. The first kappa shape index (κ1) is 17.3. The molecular formula is C17H13Cl2N3O3. The first-order valence-electron chi connectivity index (χ1n) is 7.36. The van der Waals surface area contributed by atoms with Gasteiger partial charge in [0.15, 0.2) is 11.8 Å². The molecule has 128 valence electrons. The smallest absolute Gasteiger partial charge is 0.360 e. The summed E-state index contributed by atoms with van der Waals surface area (Å²) in [5, 5.41) is 10.4. The molecule has 2 aromatic carbocycles. The highest BCUT2D eigenvalue weighted by Crippen LogP contribution is 2.29. The average molecular weight is 378 g/mol. The number of nitrogens with one attached hydrogen (secondary N) is 2. The molecule has 0 aliphatic heterocycles. The van der Waals surface area contributed by atoms with E-state index in [1.165, 1.54) is 6.92 Å². The molecule has 3 aromatic rings. The van der Waals surface area contributed by atoms with Gasteiger partial charge in [0.1, 0.15) is 0 Å². The number of nitrogens with zero attached hydrogens (tertiary/aromatic N) is 1. The van der Waals surface area contributed by atoms with Crippen LogP contribution < -0.4 is 5.32 Å². The summed E-state index contributed by atoms with van der Waals surface area (Å²) in [6.07, 6.45) is -1.04. The summed E-state index contributed by atoms with van der Waals surface area (Å²) in [4.78, 5) is 24.5. The minimum Gasteiger partial charge on any atom is -0.448 e. The van der Waals surface area contributed by atoms with Crippen LogP contribution in [0, 0.1) is 0 Å². The molecule has 0 saturated carbocycles. The highest BCUT2D eigenvalue weighted by molar-refractivity contribution is 6.44. The number of esters is 1. The Bertz CT molecular complexity index is 955. The molecule has 0 radical (unpaired) electrons. The fourth-order valence-electron chi connectivity index (χ4n) is 2.22. The molecular weight excluding hydrogens is 365 g/mol. The molecule has 0 saturated heterocycles. The first-order chi connectivity index (χ1) is 12.0. The molecule has 1 heterocycles. The lowest BCUT2D eigenvalue weighted by Crippen LogP contribution is -2.30. The fraction of sp³-hybridized carbons (Fsp3) is 0.118. The van der Waals surface area contributed by atoms with Gasteiger partial charge in [-0.3, -0.25) is 9.89 Å². The molecule has 1 atom stereocenters. The quantitative estimate of drug-likeness (QED) is 0.671. The second kappa shape index (κ2) is 7.13. The lowest BCUT2D eigenvalue weighted by atomic mass is 10.2. The molecule has 6 nitrogen and oxygen atoms in total. The van der Waals surface area contributed by atoms with Gasteiger partial charge in [0.25, 0.3) is 5.91 Å². The van der Waals surface area contributed by atoms with Crippen molar-refractivity contribution >= 4 is 51.7 Å². The molecule has 0 fully saturated rings. The number of benzene rings is 2. The number of carbonyl (C=O) groups is 2. The second-order valence-corrected chi connectivity index (χ2v) is 6.04. The number of ether oxygens (including phenoxy) is 1. The molecule has 25 heavy (non-hydrogen) atoms. The minimum atomic E-state index is -1.04. The summed E-state index contributed by atoms with van der Waals surface area (Å²) >= 11 is 11.9. The van der Waals surface area contributed by atoms with E-state index in [-0.39, 0.29) is 10.7 Å². The van der Waals surface area contributed by atoms with Crippen LogP contribution in [0.2, 0.25) is 10.0 Å². The van der Waals surface area contributed by atoms with Crippen molar-refractivity contribution < 1.29 is 14.3 Å². The van der Waals surface area contributed by atoms with Crippen LogP contribution in [0.15, 0.2) is 42.5 Å². The standard InChI is InChI=1S/C17H13Cl2N3O3/c1-9(16(23)20-13-8-4-6-11(18)14(13)19)25-17(24)15-10-5-2-3-7-12(10)21-22-15/h2-9H,1H3,(H,20,23)(H,21,22)/t9-/m1/s1. The largest absolute Gasteiger partial charge is 0.448 e. The number of para-hydroxylation sites is 1. The zero-order valence-electron chi connectivity index (χ0n) is 13.0. The summed E-state index contributed by atoms with van der Waals surface area (Å²) < 4.78 is 5.20. The molecule has 0 unspecified atom stereocenters. The van der Waals surface area contributed by atoms with Crippen molar-refractivity contribution in [1.82, 2.24) is 10.2 Å². The van der Waals surface area contributed by atoms with Gasteiger partial charge in [0.2, 0.25) is 0 Å². The van der Waals surface area contributed by atoms with Crippen LogP contribution in [0.5, 0.6) is 0 Å². The number of fused-ring (bicyclic) bond motifs is 1. The van der Waals surface area contributed by atoms with Crippen LogP contribution in [-0.2, 0) is 9.53 Å². The Morgan fingerprint density at radius 1 is 1.16 bits per heavy atom. The molecule has 1 amide bonds. The van der Waals surface area contributed by atoms with E-state index in [1.807, 2.05) is 6.07 Å². The van der Waals surface area contributed by atoms with Crippen LogP contribution in [0.1, 0.15) is 17.4 Å². The predicted molar refractivity (Wildman–Crippen MR) is 96.1 cm³/mol. The van der Waals surface area contributed by atoms with E-state index in [4.69, 9.17) is 27.9 Å². The van der Waals surface area contributed by atoms with Crippen molar-refractivity contribution in [2.45, 2.75) is 13.0 Å². The lowest BCUT2D eigenvalue weighted by molar-refractivity contribution is -0.123. The molecule has 3 rings (SSSR count). The molecule has 8 heteroatoms. The third kappa shape index (κ3) is 3.60. The number of hydrogen-bond acceptors (Lipinski definition) is 4. The third-order valence-electron chi connectivity index (χ3n) is 3.53. The van der Waals surface area contributed by atoms with Crippen LogP contribution in [0.4, 0.5) is 5.69 Å². The van der Waals surface area contributed by atoms with Crippen molar-refractivity contribution in [2.24, 2.45) is 0 Å². The van der Waals surface area contributed by atoms with Gasteiger partial charge in [-0.05, 0) is 25.1 Å². The number of halogens is 2. The number of hydrogen-bond donors (Lipinski definition) is 2. The van der Waals surface area contributed by atoms with Gasteiger partial charge < -0.3 is 10.1 Å². The Labute approximate surface area is 153 Å². The number of rotatable bonds is 4. The highest BCUT2D eigenvalue weighted by atomic mass is 35.5. The summed E-state index contributed by atoms with van der Waals surface area (Å²) in [6, 6.07) is 12.0. The summed E-state index contributed by atoms with van der Waals surface area (Å²) in [6.45, 7) is 1.46. The van der Waals surface area contributed by atoms with Crippen molar-refractivity contribution in [3.8, 4) is 0 Å². The van der Waals surface area contributed by atoms with Gasteiger partial charge in [-0.1, -0.05) is 47.5 Å². The maximum atomic E-state index is 12.3. The Kier molecular flexibility index (Phi) is 4.92. The second-order valence-electron chi connectivity index (χ2n) is 5.26. The fourth-order valence-corrected chi connectivity index (χ4v) is 2.57. The van der Waals surface area contributed by atoms with E-state index in [0.717, 1.165) is 0 Å². The molecule has 0 aliphatic carbocycles. The topological polar surface area (TPSA) is 84.1 Å². The number of anilines is 1. The van der Waals surface area contributed by atoms with Gasteiger partial charge in [-0.2, -0.15) is 5.10 Å². The Hall–Kier alpha value is -2.57. The summed E-state index contributed by atoms with van der Waals surface area (Å²) in [7, 11) is 0. The molecule has 0 aliphatic rings. The number of aromatic amines is 1. The van der Waals surface area contributed by atoms with Crippen LogP contribution in [0.25, 0.3) is 10.9 Å². The van der Waals surface area contributed by atoms with Crippen LogP contribution in [0.3, 0.4) is 0 Å². The number of amides is 1. The van der Waals surface area contributed by atoms with Crippen molar-refractivity contribution in [3.05, 3.63) is 58.2 Å². The van der Waals surface area contributed by atoms with Gasteiger partial charge in [-0.25, -0.2) is 4.79 Å². The van der Waals surface area contributed by atoms with Gasteiger partial charge in [0, 0.05) is 5.39 Å². The molecule has 0 bridgehead atoms. The van der Waals surface area contributed by atoms with Crippen LogP contribution in [-0.4, -0.2) is 28.2 Å². The normalized spacial score (nSPS) is 12.0. The first-order valence-corrected chi connectivity index (χ1v) is 8.12. The van der Waals surface area contributed by atoms with E-state index in [0.29, 0.717) is 21.6 Å². The maximum Gasteiger partial charge on any atom is 0.360 e. The summed E-state index contributed by atoms with van der Waals surface area (Å²) in [5.74, 6) is -1.23. The maximum absolute atomic E-state index is 12.3. The van der Waals surface area contributed by atoms with Gasteiger partial charge in [0.05, 0.1) is 21.2 Å². The van der Waals surface area contributed by atoms with Crippen molar-refractivity contribution in [1.29, 1.82) is 0 Å². The zero-order chi connectivity index (χ0) is 18.0. The predicted octanol–water partition coefficient (Wildman–Crippen LogP) is 4.05. The molecule has 1 aromatic heterocycles. The SMILES string of the molecule is C[C@@H](OC(=O)c1n[nH]c2ccccc12)C(=O)Nc1cccc(Cl)c1Cl. The van der Waals surface area contributed by atoms with E-state index < -0.39 is 18.0 Å². The van der Waals surface area contributed by atoms with E-state index in [1.54, 1.807) is 36.4 Å². The Morgan fingerprint density at radius 2 is 1.92 bits per heavy atom. The minimum absolute atomic E-state index is 0.121.